The Morgan fingerprint density at radius 2 is 1.93 bits per heavy atom. The van der Waals surface area contributed by atoms with E-state index in [2.05, 4.69) is 4.72 Å². The van der Waals surface area contributed by atoms with Gasteiger partial charge in [0.15, 0.2) is 0 Å². The van der Waals surface area contributed by atoms with Crippen LogP contribution >= 0.6 is 11.6 Å². The van der Waals surface area contributed by atoms with Gasteiger partial charge in [0.05, 0.1) is 10.6 Å². The van der Waals surface area contributed by atoms with Crippen LogP contribution in [-0.4, -0.2) is 20.4 Å². The van der Waals surface area contributed by atoms with Gasteiger partial charge < -0.3 is 4.90 Å². The largest absolute Gasteiger partial charge is 0.309 e. The Labute approximate surface area is 170 Å². The predicted molar refractivity (Wildman–Crippen MR) is 111 cm³/mol. The van der Waals surface area contributed by atoms with Gasteiger partial charge in [-0.25, -0.2) is 8.42 Å². The molecule has 0 saturated heterocycles. The number of halogens is 1. The molecule has 0 aromatic heterocycles. The first-order valence-electron chi connectivity index (χ1n) is 9.51. The summed E-state index contributed by atoms with van der Waals surface area (Å²) in [7, 11) is -3.73. The third-order valence-electron chi connectivity index (χ3n) is 5.70. The van der Waals surface area contributed by atoms with E-state index in [0.29, 0.717) is 17.1 Å². The van der Waals surface area contributed by atoms with E-state index in [9.17, 15) is 13.2 Å². The topological polar surface area (TPSA) is 66.5 Å². The molecule has 1 aliphatic carbocycles. The van der Waals surface area contributed by atoms with Gasteiger partial charge in [-0.2, -0.15) is 0 Å². The predicted octanol–water partition coefficient (Wildman–Crippen LogP) is 4.53. The molecule has 1 aliphatic heterocycles. The second-order valence-electron chi connectivity index (χ2n) is 7.74. The number of hydrogen-bond acceptors (Lipinski definition) is 3. The fraction of sp³-hybridized carbons (Fsp3) is 0.381. The van der Waals surface area contributed by atoms with Crippen LogP contribution in [0, 0.1) is 12.8 Å². The zero-order valence-electron chi connectivity index (χ0n) is 15.9. The van der Waals surface area contributed by atoms with Crippen molar-refractivity contribution in [2.45, 2.75) is 50.5 Å². The Balaban J connectivity index is 1.62. The van der Waals surface area contributed by atoms with Gasteiger partial charge in [-0.05, 0) is 80.6 Å². The highest BCUT2D eigenvalue weighted by molar-refractivity contribution is 7.92. The van der Waals surface area contributed by atoms with Gasteiger partial charge in [0.2, 0.25) is 5.91 Å². The zero-order valence-corrected chi connectivity index (χ0v) is 17.5. The van der Waals surface area contributed by atoms with Crippen molar-refractivity contribution in [2.75, 3.05) is 9.62 Å². The van der Waals surface area contributed by atoms with E-state index in [4.69, 9.17) is 11.6 Å². The summed E-state index contributed by atoms with van der Waals surface area (Å²) in [5, 5.41) is 0.559. The summed E-state index contributed by atoms with van der Waals surface area (Å²) in [5.74, 6) is 0.286. The number of benzene rings is 2. The summed E-state index contributed by atoms with van der Waals surface area (Å²) in [6, 6.07) is 10.1. The first-order chi connectivity index (χ1) is 13.3. The van der Waals surface area contributed by atoms with Crippen LogP contribution < -0.4 is 9.62 Å². The number of fused-ring (bicyclic) bond motifs is 1. The van der Waals surface area contributed by atoms with Crippen molar-refractivity contribution in [2.24, 2.45) is 5.92 Å². The molecule has 0 radical (unpaired) electrons. The summed E-state index contributed by atoms with van der Waals surface area (Å²) in [6.07, 6.45) is 3.68. The molecule has 1 N–H and O–H groups in total. The first-order valence-corrected chi connectivity index (χ1v) is 11.4. The molecule has 5 nitrogen and oxygen atoms in total. The molecule has 1 atom stereocenters. The van der Waals surface area contributed by atoms with Crippen molar-refractivity contribution in [1.29, 1.82) is 0 Å². The van der Waals surface area contributed by atoms with Crippen LogP contribution in [0.4, 0.5) is 11.4 Å². The molecule has 1 saturated carbocycles. The molecule has 2 aliphatic rings. The van der Waals surface area contributed by atoms with E-state index in [1.165, 1.54) is 0 Å². The van der Waals surface area contributed by atoms with Crippen molar-refractivity contribution >= 4 is 38.9 Å². The van der Waals surface area contributed by atoms with E-state index in [0.717, 1.165) is 36.1 Å². The number of rotatable bonds is 4. The zero-order chi connectivity index (χ0) is 20.1. The second kappa shape index (κ2) is 7.08. The summed E-state index contributed by atoms with van der Waals surface area (Å²) in [5.41, 5.74) is 2.99. The molecule has 2 aromatic carbocycles. The third-order valence-corrected chi connectivity index (χ3v) is 7.30. The number of hydrogen-bond donors (Lipinski definition) is 1. The molecule has 1 fully saturated rings. The maximum absolute atomic E-state index is 12.9. The Bertz CT molecular complexity index is 1050. The lowest BCUT2D eigenvalue weighted by Crippen LogP contribution is -2.42. The van der Waals surface area contributed by atoms with Gasteiger partial charge in [0, 0.05) is 22.7 Å². The smallest absolute Gasteiger partial charge is 0.261 e. The monoisotopic (exact) mass is 418 g/mol. The summed E-state index contributed by atoms with van der Waals surface area (Å²) in [6.45, 7) is 3.82. The van der Waals surface area contributed by atoms with Crippen LogP contribution in [0.3, 0.4) is 0 Å². The van der Waals surface area contributed by atoms with E-state index in [-0.39, 0.29) is 22.8 Å². The van der Waals surface area contributed by atoms with E-state index in [1.807, 2.05) is 11.8 Å². The van der Waals surface area contributed by atoms with Crippen molar-refractivity contribution in [3.8, 4) is 0 Å². The highest BCUT2D eigenvalue weighted by Gasteiger charge is 2.37. The normalized spacial score (nSPS) is 19.2. The van der Waals surface area contributed by atoms with Crippen LogP contribution in [-0.2, 0) is 21.2 Å². The quantitative estimate of drug-likeness (QED) is 0.793. The lowest BCUT2D eigenvalue weighted by Gasteiger charge is -2.32. The van der Waals surface area contributed by atoms with Gasteiger partial charge in [0.25, 0.3) is 10.0 Å². The van der Waals surface area contributed by atoms with Gasteiger partial charge in [-0.3, -0.25) is 9.52 Å². The van der Waals surface area contributed by atoms with Crippen molar-refractivity contribution in [1.82, 2.24) is 0 Å². The summed E-state index contributed by atoms with van der Waals surface area (Å²) >= 11 is 5.95. The molecule has 1 amide bonds. The van der Waals surface area contributed by atoms with E-state index < -0.39 is 10.0 Å². The van der Waals surface area contributed by atoms with Crippen LogP contribution in [0.15, 0.2) is 41.3 Å². The summed E-state index contributed by atoms with van der Waals surface area (Å²) in [4.78, 5) is 14.8. The molecular formula is C21H23ClN2O3S. The van der Waals surface area contributed by atoms with Gasteiger partial charge in [-0.15, -0.1) is 0 Å². The van der Waals surface area contributed by atoms with Crippen LogP contribution in [0.25, 0.3) is 0 Å². The molecule has 1 heterocycles. The Hall–Kier alpha value is -2.05. The fourth-order valence-electron chi connectivity index (χ4n) is 3.91. The number of amides is 1. The average molecular weight is 419 g/mol. The van der Waals surface area contributed by atoms with Crippen molar-refractivity contribution in [3.63, 3.8) is 0 Å². The minimum absolute atomic E-state index is 0.0486. The number of sulfonamides is 1. The number of nitrogens with one attached hydrogen (secondary N) is 1. The first kappa shape index (κ1) is 19.3. The number of nitrogens with zero attached hydrogens (tertiary/aromatic N) is 1. The Morgan fingerprint density at radius 1 is 1.18 bits per heavy atom. The third kappa shape index (κ3) is 3.40. The number of aryl methyl sites for hydroxylation is 1. The Morgan fingerprint density at radius 3 is 2.57 bits per heavy atom. The molecule has 0 bridgehead atoms. The van der Waals surface area contributed by atoms with Crippen molar-refractivity contribution in [3.05, 3.63) is 52.5 Å². The summed E-state index contributed by atoms with van der Waals surface area (Å²) < 4.78 is 28.4. The lowest BCUT2D eigenvalue weighted by atomic mass is 9.84. The maximum atomic E-state index is 12.9. The molecule has 7 heteroatoms. The van der Waals surface area contributed by atoms with Crippen LogP contribution in [0.1, 0.15) is 37.3 Å². The highest BCUT2D eigenvalue weighted by Crippen LogP contribution is 2.38. The minimum atomic E-state index is -3.73. The minimum Gasteiger partial charge on any atom is -0.309 e. The average Bonchev–Trinajstić information content (AvgIpc) is 2.90. The van der Waals surface area contributed by atoms with Gasteiger partial charge >= 0.3 is 0 Å². The molecule has 0 spiro atoms. The van der Waals surface area contributed by atoms with Crippen molar-refractivity contribution < 1.29 is 13.2 Å². The fourth-order valence-corrected chi connectivity index (χ4v) is 5.32. The second-order valence-corrected chi connectivity index (χ2v) is 9.86. The SMILES string of the molecule is Cc1cc(Cl)ccc1NS(=O)(=O)c1ccc2c(c1)C[C@H](C)N2C(=O)C1CCC1. The molecule has 4 rings (SSSR count). The van der Waals surface area contributed by atoms with E-state index >= 15 is 0 Å². The molecule has 0 unspecified atom stereocenters. The standard InChI is InChI=1S/C21H23ClN2O3S/c1-13-10-17(22)6-8-19(13)23-28(26,27)18-7-9-20-16(12-18)11-14(2)24(20)21(25)15-4-3-5-15/h6-10,12,14-15,23H,3-5,11H2,1-2H3/t14-/m0/s1. The maximum Gasteiger partial charge on any atom is 0.261 e. The lowest BCUT2D eigenvalue weighted by molar-refractivity contribution is -0.125. The molecule has 148 valence electrons. The number of carbonyl (C=O) groups excluding carboxylic acids is 1. The van der Waals surface area contributed by atoms with Crippen LogP contribution in [0.5, 0.6) is 0 Å². The van der Waals surface area contributed by atoms with E-state index in [1.54, 1.807) is 43.3 Å². The van der Waals surface area contributed by atoms with Gasteiger partial charge in [-0.1, -0.05) is 18.0 Å². The molecule has 28 heavy (non-hydrogen) atoms. The Kier molecular flexibility index (Phi) is 4.88. The highest BCUT2D eigenvalue weighted by atomic mass is 35.5. The van der Waals surface area contributed by atoms with Gasteiger partial charge in [0.1, 0.15) is 0 Å². The number of carbonyl (C=O) groups is 1. The van der Waals surface area contributed by atoms with Crippen LogP contribution in [0.2, 0.25) is 5.02 Å². The molecular weight excluding hydrogens is 396 g/mol. The molecule has 2 aromatic rings. The number of anilines is 2.